The molecule has 1 aliphatic rings. The van der Waals surface area contributed by atoms with Crippen molar-refractivity contribution in [1.29, 1.82) is 0 Å². The molecular weight excluding hydrogens is 558 g/mol. The highest BCUT2D eigenvalue weighted by molar-refractivity contribution is 14.1. The molecule has 0 aliphatic heterocycles. The molecule has 2 heterocycles. The third-order valence-electron chi connectivity index (χ3n) is 5.61. The third-order valence-corrected chi connectivity index (χ3v) is 6.28. The predicted octanol–water partition coefficient (Wildman–Crippen LogP) is 5.06. The highest BCUT2D eigenvalue weighted by Gasteiger charge is 2.30. The Morgan fingerprint density at radius 2 is 2.00 bits per heavy atom. The van der Waals surface area contributed by atoms with Gasteiger partial charge in [0.2, 0.25) is 0 Å². The van der Waals surface area contributed by atoms with Crippen molar-refractivity contribution < 1.29 is 13.7 Å². The first kappa shape index (κ1) is 22.2. The number of nitro groups is 1. The Kier molecular flexibility index (Phi) is 5.42. The van der Waals surface area contributed by atoms with E-state index in [9.17, 15) is 24.1 Å². The Bertz CT molecular complexity index is 1610. The van der Waals surface area contributed by atoms with Crippen molar-refractivity contribution in [3.05, 3.63) is 88.3 Å². The minimum Gasteiger partial charge on any atom is -0.420 e. The van der Waals surface area contributed by atoms with Gasteiger partial charge in [0.15, 0.2) is 5.58 Å². The Morgan fingerprint density at radius 1 is 1.24 bits per heavy atom. The van der Waals surface area contributed by atoms with Crippen LogP contribution in [0.25, 0.3) is 22.2 Å². The lowest BCUT2D eigenvalue weighted by Gasteiger charge is -2.15. The van der Waals surface area contributed by atoms with Gasteiger partial charge in [-0.25, -0.2) is 13.9 Å². The topological polar surface area (TPSA) is 120 Å². The molecule has 4 aromatic rings. The molecule has 5 rings (SSSR count). The zero-order valence-electron chi connectivity index (χ0n) is 17.7. The van der Waals surface area contributed by atoms with Crippen molar-refractivity contribution in [2.45, 2.75) is 25.8 Å². The van der Waals surface area contributed by atoms with E-state index in [1.54, 1.807) is 12.1 Å². The van der Waals surface area contributed by atoms with Crippen LogP contribution in [0.4, 0.5) is 21.5 Å². The molecule has 34 heavy (non-hydrogen) atoms. The number of nitro benzene ring substituents is 1. The maximum Gasteiger partial charge on any atom is 0.341 e. The van der Waals surface area contributed by atoms with Gasteiger partial charge >= 0.3 is 5.63 Å². The number of benzene rings is 2. The molecule has 2 aromatic heterocycles. The zero-order chi connectivity index (χ0) is 24.1. The first-order valence-corrected chi connectivity index (χ1v) is 11.4. The second kappa shape index (κ2) is 8.31. The van der Waals surface area contributed by atoms with Gasteiger partial charge in [-0.3, -0.25) is 14.9 Å². The maximum absolute atomic E-state index is 14.6. The SMILES string of the molecule is Cc1c(Nc2ccc(I)cc2F)c2c(=O)n(C3CC3)nc(-c3cccc([N+](=O)[O-])c3)c2oc1=O. The van der Waals surface area contributed by atoms with Gasteiger partial charge in [-0.15, -0.1) is 0 Å². The molecule has 0 bridgehead atoms. The van der Waals surface area contributed by atoms with Gasteiger partial charge in [-0.2, -0.15) is 5.10 Å². The van der Waals surface area contributed by atoms with Gasteiger partial charge in [-0.05, 0) is 60.6 Å². The van der Waals surface area contributed by atoms with Crippen molar-refractivity contribution in [1.82, 2.24) is 9.78 Å². The molecule has 0 atom stereocenters. The van der Waals surface area contributed by atoms with Crippen LogP contribution in [0.15, 0.2) is 56.5 Å². The summed E-state index contributed by atoms with van der Waals surface area (Å²) in [6, 6.07) is 10.1. The van der Waals surface area contributed by atoms with E-state index in [4.69, 9.17) is 4.42 Å². The lowest BCUT2D eigenvalue weighted by Crippen LogP contribution is -2.25. The molecular formula is C23H16FIN4O5. The number of aromatic nitrogens is 2. The van der Waals surface area contributed by atoms with E-state index in [1.165, 1.54) is 41.9 Å². The van der Waals surface area contributed by atoms with Crippen LogP contribution in [0.3, 0.4) is 0 Å². The second-order valence-electron chi connectivity index (χ2n) is 7.98. The van der Waals surface area contributed by atoms with Crippen LogP contribution in [0, 0.1) is 26.4 Å². The van der Waals surface area contributed by atoms with Crippen LogP contribution in [-0.2, 0) is 0 Å². The number of nitrogens with zero attached hydrogens (tertiary/aromatic N) is 3. The van der Waals surface area contributed by atoms with Crippen molar-refractivity contribution in [3.8, 4) is 11.3 Å². The van der Waals surface area contributed by atoms with E-state index in [1.807, 2.05) is 22.6 Å². The summed E-state index contributed by atoms with van der Waals surface area (Å²) in [5.41, 5.74) is -0.801. The van der Waals surface area contributed by atoms with E-state index in [2.05, 4.69) is 10.4 Å². The number of anilines is 2. The fourth-order valence-electron chi connectivity index (χ4n) is 3.71. The second-order valence-corrected chi connectivity index (χ2v) is 9.23. The van der Waals surface area contributed by atoms with Crippen LogP contribution in [-0.4, -0.2) is 14.7 Å². The van der Waals surface area contributed by atoms with Crippen LogP contribution in [0.2, 0.25) is 0 Å². The highest BCUT2D eigenvalue weighted by atomic mass is 127. The van der Waals surface area contributed by atoms with Crippen molar-refractivity contribution >= 4 is 50.6 Å². The minimum atomic E-state index is -0.738. The maximum atomic E-state index is 14.6. The molecule has 0 saturated heterocycles. The van der Waals surface area contributed by atoms with Gasteiger partial charge < -0.3 is 9.73 Å². The summed E-state index contributed by atoms with van der Waals surface area (Å²) < 4.78 is 22.1. The van der Waals surface area contributed by atoms with Crippen LogP contribution >= 0.6 is 22.6 Å². The van der Waals surface area contributed by atoms with Crippen LogP contribution in [0.1, 0.15) is 24.4 Å². The van der Waals surface area contributed by atoms with Crippen molar-refractivity contribution in [2.24, 2.45) is 0 Å². The van der Waals surface area contributed by atoms with E-state index in [0.717, 1.165) is 12.8 Å². The average molecular weight is 574 g/mol. The van der Waals surface area contributed by atoms with E-state index >= 15 is 0 Å². The number of fused-ring (bicyclic) bond motifs is 1. The molecule has 0 radical (unpaired) electrons. The van der Waals surface area contributed by atoms with Gasteiger partial charge in [0.1, 0.15) is 16.9 Å². The van der Waals surface area contributed by atoms with E-state index in [-0.39, 0.29) is 45.3 Å². The minimum absolute atomic E-state index is 0.0263. The number of nitrogens with one attached hydrogen (secondary N) is 1. The van der Waals surface area contributed by atoms with Crippen LogP contribution in [0.5, 0.6) is 0 Å². The lowest BCUT2D eigenvalue weighted by atomic mass is 10.1. The summed E-state index contributed by atoms with van der Waals surface area (Å²) >= 11 is 1.98. The first-order chi connectivity index (χ1) is 16.2. The summed E-state index contributed by atoms with van der Waals surface area (Å²) in [5.74, 6) is -0.553. The van der Waals surface area contributed by atoms with Gasteiger partial charge in [0, 0.05) is 21.3 Å². The summed E-state index contributed by atoms with van der Waals surface area (Å²) in [7, 11) is 0. The fourth-order valence-corrected chi connectivity index (χ4v) is 4.16. The number of non-ortho nitro benzene ring substituents is 1. The van der Waals surface area contributed by atoms with Gasteiger partial charge in [-0.1, -0.05) is 12.1 Å². The quantitative estimate of drug-likeness (QED) is 0.201. The molecule has 0 amide bonds. The Balaban J connectivity index is 1.84. The monoisotopic (exact) mass is 574 g/mol. The Morgan fingerprint density at radius 3 is 2.68 bits per heavy atom. The van der Waals surface area contributed by atoms with Gasteiger partial charge in [0.25, 0.3) is 11.2 Å². The Hall–Kier alpha value is -3.61. The Labute approximate surface area is 204 Å². The molecule has 1 aliphatic carbocycles. The number of hydrogen-bond acceptors (Lipinski definition) is 7. The largest absolute Gasteiger partial charge is 0.420 e. The van der Waals surface area contributed by atoms with Crippen molar-refractivity contribution in [3.63, 3.8) is 0 Å². The van der Waals surface area contributed by atoms with Crippen LogP contribution < -0.4 is 16.5 Å². The molecule has 1 saturated carbocycles. The molecule has 1 fully saturated rings. The predicted molar refractivity (Wildman–Crippen MR) is 132 cm³/mol. The molecule has 2 aromatic carbocycles. The molecule has 172 valence electrons. The fraction of sp³-hybridized carbons (Fsp3) is 0.174. The number of hydrogen-bond donors (Lipinski definition) is 1. The summed E-state index contributed by atoms with van der Waals surface area (Å²) in [4.78, 5) is 37.0. The number of rotatable bonds is 5. The summed E-state index contributed by atoms with van der Waals surface area (Å²) in [6.07, 6.45) is 1.49. The molecule has 0 spiro atoms. The normalized spacial score (nSPS) is 13.3. The standard InChI is InChI=1S/C23H16FIN4O5/c1-11-19(26-17-8-5-13(25)10-16(17)24)18-21(34-23(11)31)20(27-28(22(18)30)14-6-7-14)12-3-2-4-15(9-12)29(32)33/h2-5,8-10,14,26H,6-7H2,1H3. The smallest absolute Gasteiger partial charge is 0.341 e. The number of halogens is 2. The summed E-state index contributed by atoms with van der Waals surface area (Å²) in [5, 5.41) is 18.7. The van der Waals surface area contributed by atoms with E-state index < -0.39 is 21.9 Å². The highest BCUT2D eigenvalue weighted by Crippen LogP contribution is 2.37. The van der Waals surface area contributed by atoms with E-state index in [0.29, 0.717) is 9.13 Å². The molecule has 11 heteroatoms. The molecule has 0 unspecified atom stereocenters. The van der Waals surface area contributed by atoms with Gasteiger partial charge in [0.05, 0.1) is 27.9 Å². The van der Waals surface area contributed by atoms with Crippen molar-refractivity contribution in [2.75, 3.05) is 5.32 Å². The summed E-state index contributed by atoms with van der Waals surface area (Å²) in [6.45, 7) is 1.48. The lowest BCUT2D eigenvalue weighted by molar-refractivity contribution is -0.384. The average Bonchev–Trinajstić information content (AvgIpc) is 3.64. The first-order valence-electron chi connectivity index (χ1n) is 10.3. The zero-order valence-corrected chi connectivity index (χ0v) is 19.8. The molecule has 1 N–H and O–H groups in total. The third kappa shape index (κ3) is 3.85. The molecule has 9 nitrogen and oxygen atoms in total.